The van der Waals surface area contributed by atoms with Crippen molar-refractivity contribution < 1.29 is 66.4 Å². The quantitative estimate of drug-likeness (QED) is 0.168. The molecule has 148 valence electrons. The van der Waals surface area contributed by atoms with E-state index in [0.29, 0.717) is 6.54 Å². The highest BCUT2D eigenvalue weighted by atomic mass is 19.1. The average molecular weight is 391 g/mol. The van der Waals surface area contributed by atoms with Crippen LogP contribution in [0.1, 0.15) is 17.4 Å². The van der Waals surface area contributed by atoms with Gasteiger partial charge in [-0.25, -0.2) is 13.9 Å². The number of carbonyl (C=O) groups is 1. The molecule has 1 aromatic heterocycles. The van der Waals surface area contributed by atoms with Crippen LogP contribution >= 0.6 is 0 Å². The second kappa shape index (κ2) is 16.8. The van der Waals surface area contributed by atoms with Gasteiger partial charge in [0.25, 0.3) is 0 Å². The van der Waals surface area contributed by atoms with Crippen LogP contribution < -0.4 is 9.59 Å². The van der Waals surface area contributed by atoms with Crippen molar-refractivity contribution in [2.45, 2.75) is 13.5 Å². The molecule has 6 N–H and O–H groups in total. The summed E-state index contributed by atoms with van der Waals surface area (Å²) in [6.45, 7) is 2.36. The molecular formula is C7H16B4F4N2O9. The van der Waals surface area contributed by atoms with Crippen molar-refractivity contribution in [3.8, 4) is 0 Å². The van der Waals surface area contributed by atoms with Crippen molar-refractivity contribution >= 4 is 35.6 Å². The van der Waals surface area contributed by atoms with Gasteiger partial charge < -0.3 is 39.8 Å². The zero-order valence-electron chi connectivity index (χ0n) is 13.5. The summed E-state index contributed by atoms with van der Waals surface area (Å²) in [4.78, 5) is 11.2. The van der Waals surface area contributed by atoms with E-state index in [9.17, 15) is 27.1 Å². The lowest BCUT2D eigenvalue weighted by atomic mass is 10.3. The van der Waals surface area contributed by atoms with Crippen LogP contribution in [0.5, 0.6) is 0 Å². The van der Waals surface area contributed by atoms with Crippen LogP contribution in [0.2, 0.25) is 0 Å². The Morgan fingerprint density at radius 2 is 1.46 bits per heavy atom. The molecule has 1 heterocycles. The van der Waals surface area contributed by atoms with Gasteiger partial charge in [0.15, 0.2) is 0 Å². The SMILES string of the molecule is CCn1c[n+](C)cc1C(=O)OB([O-])F.OB(O)F.OB(O)F.OB(O)F. The summed E-state index contributed by atoms with van der Waals surface area (Å²) in [5, 5.41) is 51.7. The van der Waals surface area contributed by atoms with E-state index >= 15 is 0 Å². The van der Waals surface area contributed by atoms with Crippen LogP contribution in [0.15, 0.2) is 12.5 Å². The predicted molar refractivity (Wildman–Crippen MR) is 77.5 cm³/mol. The molecule has 1 aromatic rings. The third kappa shape index (κ3) is 24.6. The van der Waals surface area contributed by atoms with Gasteiger partial charge in [-0.3, -0.25) is 17.3 Å². The standard InChI is InChI=1S/C7H10BFN2O3.3BFH2O2/c1-3-11-5-10(2)4-6(11)7(12)14-8(9)13;3*2-1(3)4/h4-5H,3H2,1-2H3;3*3-4H. The van der Waals surface area contributed by atoms with Crippen molar-refractivity contribution in [2.75, 3.05) is 0 Å². The Hall–Kier alpha value is -1.62. The zero-order chi connectivity index (χ0) is 21.4. The Morgan fingerprint density at radius 3 is 1.73 bits per heavy atom. The summed E-state index contributed by atoms with van der Waals surface area (Å²) >= 11 is 0. The number of carbonyl (C=O) groups excluding carboxylic acids is 1. The minimum atomic E-state index is -2.83. The largest absolute Gasteiger partial charge is 0.816 e. The molecule has 0 spiro atoms. The summed E-state index contributed by atoms with van der Waals surface area (Å²) < 4.78 is 49.3. The molecule has 0 unspecified atom stereocenters. The Bertz CT molecular complexity index is 460. The zero-order valence-corrected chi connectivity index (χ0v) is 13.5. The van der Waals surface area contributed by atoms with E-state index < -0.39 is 35.6 Å². The maximum Gasteiger partial charge on any atom is 0.674 e. The van der Waals surface area contributed by atoms with Crippen molar-refractivity contribution in [2.24, 2.45) is 7.05 Å². The van der Waals surface area contributed by atoms with Gasteiger partial charge in [0, 0.05) is 0 Å². The van der Waals surface area contributed by atoms with Crippen molar-refractivity contribution in [3.05, 3.63) is 18.2 Å². The number of nitrogens with zero attached hydrogens (tertiary/aromatic N) is 2. The Balaban J connectivity index is -0.000000362. The number of aryl methyl sites for hydroxylation is 2. The third-order valence-corrected chi connectivity index (χ3v) is 1.71. The molecule has 19 heteroatoms. The average Bonchev–Trinajstić information content (AvgIpc) is 2.77. The van der Waals surface area contributed by atoms with Gasteiger partial charge in [0.1, 0.15) is 6.20 Å². The summed E-state index contributed by atoms with van der Waals surface area (Å²) in [6.07, 6.45) is 3.11. The van der Waals surface area contributed by atoms with Crippen LogP contribution in [0.4, 0.5) is 17.3 Å². The first-order valence-corrected chi connectivity index (χ1v) is 6.31. The van der Waals surface area contributed by atoms with E-state index in [-0.39, 0.29) is 5.69 Å². The van der Waals surface area contributed by atoms with Crippen LogP contribution in [0.3, 0.4) is 0 Å². The smallest absolute Gasteiger partial charge is 0.674 e. The molecule has 0 atom stereocenters. The summed E-state index contributed by atoms with van der Waals surface area (Å²) in [7, 11) is -9.11. The van der Waals surface area contributed by atoms with Crippen molar-refractivity contribution in [3.63, 3.8) is 0 Å². The predicted octanol–water partition coefficient (Wildman–Crippen LogP) is -4.42. The normalized spacial score (nSPS) is 8.50. The van der Waals surface area contributed by atoms with Gasteiger partial charge >= 0.3 is 35.6 Å². The lowest BCUT2D eigenvalue weighted by Crippen LogP contribution is -2.32. The number of hydrogen-bond donors (Lipinski definition) is 6. The molecule has 11 nitrogen and oxygen atoms in total. The topological polar surface area (TPSA) is 180 Å². The second-order valence-electron chi connectivity index (χ2n) is 3.69. The number of rotatable bonds is 3. The Morgan fingerprint density at radius 1 is 1.12 bits per heavy atom. The lowest BCUT2D eigenvalue weighted by molar-refractivity contribution is -0.671. The minimum Gasteiger partial charge on any atom is -0.816 e. The molecule has 26 heavy (non-hydrogen) atoms. The number of aromatic nitrogens is 2. The fourth-order valence-electron chi connectivity index (χ4n) is 1.15. The Kier molecular flexibility index (Phi) is 18.9. The second-order valence-corrected chi connectivity index (χ2v) is 3.69. The van der Waals surface area contributed by atoms with Crippen molar-refractivity contribution in [1.82, 2.24) is 4.57 Å². The van der Waals surface area contributed by atoms with Gasteiger partial charge in [0.2, 0.25) is 12.0 Å². The maximum atomic E-state index is 11.9. The molecule has 0 radical (unpaired) electrons. The minimum absolute atomic E-state index is 0.161. The summed E-state index contributed by atoms with van der Waals surface area (Å²) in [5.41, 5.74) is 0.161. The molecule has 0 aliphatic heterocycles. The molecule has 0 aliphatic carbocycles. The molecule has 0 bridgehead atoms. The molecule has 0 amide bonds. The molecule has 1 rings (SSSR count). The Labute approximate surface area is 146 Å². The van der Waals surface area contributed by atoms with Gasteiger partial charge in [-0.1, -0.05) is 0 Å². The highest BCUT2D eigenvalue weighted by Gasteiger charge is 2.21. The maximum absolute atomic E-state index is 11.9. The summed E-state index contributed by atoms with van der Waals surface area (Å²) in [6, 6.07) is 0. The van der Waals surface area contributed by atoms with E-state index in [1.54, 1.807) is 22.5 Å². The summed E-state index contributed by atoms with van der Waals surface area (Å²) in [5.74, 6) is -0.949. The first kappa shape index (κ1) is 29.2. The molecule has 0 saturated carbocycles. The number of imidazole rings is 1. The van der Waals surface area contributed by atoms with Crippen molar-refractivity contribution in [1.29, 1.82) is 0 Å². The van der Waals surface area contributed by atoms with Gasteiger partial charge in [-0.15, -0.1) is 0 Å². The van der Waals surface area contributed by atoms with Crippen LogP contribution in [-0.4, -0.2) is 70.3 Å². The van der Waals surface area contributed by atoms with E-state index in [1.807, 2.05) is 6.92 Å². The highest BCUT2D eigenvalue weighted by molar-refractivity contribution is 6.35. The molecule has 0 aliphatic rings. The van der Waals surface area contributed by atoms with Crippen LogP contribution in [-0.2, 0) is 18.2 Å². The lowest BCUT2D eigenvalue weighted by Gasteiger charge is -2.07. The van der Waals surface area contributed by atoms with Crippen LogP contribution in [0, 0.1) is 0 Å². The van der Waals surface area contributed by atoms with E-state index in [2.05, 4.69) is 4.65 Å². The fraction of sp³-hybridized carbons (Fsp3) is 0.429. The first-order chi connectivity index (χ1) is 11.7. The highest BCUT2D eigenvalue weighted by Crippen LogP contribution is 2.00. The number of hydrogen-bond acceptors (Lipinski definition) is 9. The molecule has 0 aromatic carbocycles. The molecule has 0 saturated heterocycles. The first-order valence-electron chi connectivity index (χ1n) is 6.31. The fourth-order valence-corrected chi connectivity index (χ4v) is 1.15. The molecule has 0 fully saturated rings. The van der Waals surface area contributed by atoms with E-state index in [0.717, 1.165) is 0 Å². The van der Waals surface area contributed by atoms with Gasteiger partial charge in [0.05, 0.1) is 13.6 Å². The monoisotopic (exact) mass is 392 g/mol. The van der Waals surface area contributed by atoms with Gasteiger partial charge in [-0.2, -0.15) is 0 Å². The van der Waals surface area contributed by atoms with E-state index in [4.69, 9.17) is 30.1 Å². The van der Waals surface area contributed by atoms with Crippen LogP contribution in [0.25, 0.3) is 0 Å². The molecular weight excluding hydrogens is 375 g/mol. The number of halogens is 4. The van der Waals surface area contributed by atoms with E-state index in [1.165, 1.54) is 6.20 Å². The van der Waals surface area contributed by atoms with Gasteiger partial charge in [-0.05, 0) is 6.92 Å². The third-order valence-electron chi connectivity index (χ3n) is 1.71.